The maximum Gasteiger partial charge on any atom is 0.243 e. The third-order valence-corrected chi connectivity index (χ3v) is 9.09. The smallest absolute Gasteiger partial charge is 0.243 e. The minimum Gasteiger partial charge on any atom is -0.352 e. The van der Waals surface area contributed by atoms with Gasteiger partial charge in [0.2, 0.25) is 21.8 Å². The predicted molar refractivity (Wildman–Crippen MR) is 169 cm³/mol. The van der Waals surface area contributed by atoms with Crippen LogP contribution in [0, 0.1) is 6.92 Å². The second-order valence-electron chi connectivity index (χ2n) is 11.3. The molecule has 4 rings (SSSR count). The lowest BCUT2D eigenvalue weighted by atomic mass is 9.94. The van der Waals surface area contributed by atoms with Gasteiger partial charge in [-0.05, 0) is 49.4 Å². The Labute approximate surface area is 251 Å². The zero-order chi connectivity index (χ0) is 30.0. The predicted octanol–water partition coefficient (Wildman–Crippen LogP) is 5.63. The molecule has 1 atom stereocenters. The second kappa shape index (κ2) is 15.0. The van der Waals surface area contributed by atoms with Gasteiger partial charge in [-0.15, -0.1) is 0 Å². The van der Waals surface area contributed by atoms with Crippen molar-refractivity contribution in [1.82, 2.24) is 10.2 Å². The lowest BCUT2D eigenvalue weighted by molar-refractivity contribution is -0.141. The largest absolute Gasteiger partial charge is 0.352 e. The molecule has 1 fully saturated rings. The number of benzene rings is 3. The van der Waals surface area contributed by atoms with Gasteiger partial charge >= 0.3 is 0 Å². The van der Waals surface area contributed by atoms with Crippen LogP contribution in [0.3, 0.4) is 0 Å². The Morgan fingerprint density at radius 2 is 1.45 bits per heavy atom. The molecule has 0 aliphatic heterocycles. The van der Waals surface area contributed by atoms with Crippen molar-refractivity contribution in [3.05, 3.63) is 102 Å². The molecule has 7 nitrogen and oxygen atoms in total. The van der Waals surface area contributed by atoms with E-state index in [1.54, 1.807) is 17.0 Å². The van der Waals surface area contributed by atoms with E-state index >= 15 is 0 Å². The fourth-order valence-electron chi connectivity index (χ4n) is 5.59. The topological polar surface area (TPSA) is 86.8 Å². The zero-order valence-corrected chi connectivity index (χ0v) is 25.6. The van der Waals surface area contributed by atoms with E-state index in [1.165, 1.54) is 17.0 Å². The fraction of sp³-hybridized carbons (Fsp3) is 0.412. The van der Waals surface area contributed by atoms with Crippen LogP contribution in [0.1, 0.15) is 61.6 Å². The summed E-state index contributed by atoms with van der Waals surface area (Å²) < 4.78 is 26.6. The first-order valence-electron chi connectivity index (χ1n) is 14.9. The van der Waals surface area contributed by atoms with Crippen molar-refractivity contribution < 1.29 is 18.0 Å². The highest BCUT2D eigenvalue weighted by Crippen LogP contribution is 2.22. The first-order valence-corrected chi connectivity index (χ1v) is 16.8. The van der Waals surface area contributed by atoms with Gasteiger partial charge in [0.15, 0.2) is 0 Å². The van der Waals surface area contributed by atoms with Gasteiger partial charge in [-0.1, -0.05) is 97.6 Å². The SMILES string of the molecule is Cc1ccc(N(CCCC(=O)N(Cc2ccccc2)[C@@H](Cc2ccccc2)C(=O)NC2CCCCC2)S(C)(=O)=O)cc1. The van der Waals surface area contributed by atoms with Crippen molar-refractivity contribution in [1.29, 1.82) is 0 Å². The van der Waals surface area contributed by atoms with Gasteiger partial charge in [-0.2, -0.15) is 0 Å². The number of rotatable bonds is 13. The Balaban J connectivity index is 1.56. The van der Waals surface area contributed by atoms with Crippen LogP contribution in [0.15, 0.2) is 84.9 Å². The molecular weight excluding hydrogens is 546 g/mol. The summed E-state index contributed by atoms with van der Waals surface area (Å²) >= 11 is 0. The molecule has 2 amide bonds. The number of carbonyl (C=O) groups excluding carboxylic acids is 2. The molecule has 0 aromatic heterocycles. The van der Waals surface area contributed by atoms with E-state index in [2.05, 4.69) is 5.32 Å². The van der Waals surface area contributed by atoms with Gasteiger partial charge in [-0.25, -0.2) is 8.42 Å². The maximum absolute atomic E-state index is 14.0. The molecule has 1 saturated carbocycles. The van der Waals surface area contributed by atoms with Crippen LogP contribution in [-0.4, -0.2) is 50.0 Å². The number of amides is 2. The summed E-state index contributed by atoms with van der Waals surface area (Å²) in [5, 5.41) is 3.26. The van der Waals surface area contributed by atoms with Crippen LogP contribution in [0.2, 0.25) is 0 Å². The van der Waals surface area contributed by atoms with Crippen molar-refractivity contribution in [3.63, 3.8) is 0 Å². The number of carbonyl (C=O) groups is 2. The van der Waals surface area contributed by atoms with E-state index in [0.717, 1.165) is 42.4 Å². The molecule has 3 aromatic carbocycles. The van der Waals surface area contributed by atoms with Crippen molar-refractivity contribution in [2.75, 3.05) is 17.1 Å². The lowest BCUT2D eigenvalue weighted by Crippen LogP contribution is -2.52. The number of sulfonamides is 1. The normalized spacial score (nSPS) is 14.6. The zero-order valence-electron chi connectivity index (χ0n) is 24.7. The Morgan fingerprint density at radius 3 is 2.05 bits per heavy atom. The molecule has 1 aliphatic carbocycles. The molecule has 1 N–H and O–H groups in total. The molecule has 0 heterocycles. The highest BCUT2D eigenvalue weighted by Gasteiger charge is 2.32. The van der Waals surface area contributed by atoms with Gasteiger partial charge < -0.3 is 10.2 Å². The van der Waals surface area contributed by atoms with Crippen LogP contribution >= 0.6 is 0 Å². The fourth-order valence-corrected chi connectivity index (χ4v) is 6.56. The molecule has 8 heteroatoms. The molecule has 0 radical (unpaired) electrons. The maximum atomic E-state index is 14.0. The Morgan fingerprint density at radius 1 is 0.857 bits per heavy atom. The standard InChI is InChI=1S/C34H43N3O4S/c1-27-20-22-31(23-21-27)37(42(2,40)41)24-12-19-33(38)36(26-29-15-8-4-9-16-29)32(25-28-13-6-3-7-14-28)34(39)35-30-17-10-5-11-18-30/h3-4,6-9,13-16,20-23,30,32H,5,10-12,17-19,24-26H2,1-2H3,(H,35,39)/t32-/m0/s1. The number of nitrogens with zero attached hydrogens (tertiary/aromatic N) is 2. The summed E-state index contributed by atoms with van der Waals surface area (Å²) in [5.41, 5.74) is 3.53. The van der Waals surface area contributed by atoms with Gasteiger partial charge in [0.25, 0.3) is 0 Å². The summed E-state index contributed by atoms with van der Waals surface area (Å²) in [6.45, 7) is 2.41. The number of aryl methyl sites for hydroxylation is 1. The minimum absolute atomic E-state index is 0.118. The van der Waals surface area contributed by atoms with Gasteiger partial charge in [-0.3, -0.25) is 13.9 Å². The Kier molecular flexibility index (Phi) is 11.2. The van der Waals surface area contributed by atoms with Crippen LogP contribution in [-0.2, 0) is 32.6 Å². The molecule has 224 valence electrons. The number of anilines is 1. The first kappa shape index (κ1) is 31.3. The highest BCUT2D eigenvalue weighted by molar-refractivity contribution is 7.92. The molecule has 3 aromatic rings. The summed E-state index contributed by atoms with van der Waals surface area (Å²) in [6, 6.07) is 26.2. The number of hydrogen-bond acceptors (Lipinski definition) is 4. The summed E-state index contributed by atoms with van der Waals surface area (Å²) in [6.07, 6.45) is 7.31. The van der Waals surface area contributed by atoms with E-state index in [4.69, 9.17) is 0 Å². The molecule has 0 bridgehead atoms. The summed E-state index contributed by atoms with van der Waals surface area (Å²) in [7, 11) is -3.54. The minimum atomic E-state index is -3.54. The van der Waals surface area contributed by atoms with E-state index in [-0.39, 0.29) is 30.8 Å². The Hall–Kier alpha value is -3.65. The highest BCUT2D eigenvalue weighted by atomic mass is 32.2. The molecule has 0 unspecified atom stereocenters. The average Bonchev–Trinajstić information content (AvgIpc) is 2.98. The lowest BCUT2D eigenvalue weighted by Gasteiger charge is -2.34. The summed E-state index contributed by atoms with van der Waals surface area (Å²) in [5.74, 6) is -0.302. The monoisotopic (exact) mass is 589 g/mol. The first-order chi connectivity index (χ1) is 20.2. The van der Waals surface area contributed by atoms with E-state index in [0.29, 0.717) is 25.1 Å². The van der Waals surface area contributed by atoms with Gasteiger partial charge in [0.05, 0.1) is 11.9 Å². The van der Waals surface area contributed by atoms with Crippen LogP contribution in [0.4, 0.5) is 5.69 Å². The molecule has 1 aliphatic rings. The number of hydrogen-bond donors (Lipinski definition) is 1. The summed E-state index contributed by atoms with van der Waals surface area (Å²) in [4.78, 5) is 29.5. The molecular formula is C34H43N3O4S. The molecule has 0 saturated heterocycles. The van der Waals surface area contributed by atoms with E-state index in [1.807, 2.05) is 79.7 Å². The molecule has 0 spiro atoms. The van der Waals surface area contributed by atoms with Gasteiger partial charge in [0, 0.05) is 32.0 Å². The van der Waals surface area contributed by atoms with Crippen molar-refractivity contribution in [3.8, 4) is 0 Å². The number of nitrogens with one attached hydrogen (secondary N) is 1. The second-order valence-corrected chi connectivity index (χ2v) is 13.2. The quantitative estimate of drug-likeness (QED) is 0.280. The van der Waals surface area contributed by atoms with Crippen LogP contribution in [0.5, 0.6) is 0 Å². The third-order valence-electron chi connectivity index (χ3n) is 7.89. The van der Waals surface area contributed by atoms with Crippen molar-refractivity contribution in [2.45, 2.75) is 76.9 Å². The van der Waals surface area contributed by atoms with Crippen molar-refractivity contribution in [2.24, 2.45) is 0 Å². The van der Waals surface area contributed by atoms with E-state index in [9.17, 15) is 18.0 Å². The third kappa shape index (κ3) is 9.18. The van der Waals surface area contributed by atoms with Gasteiger partial charge in [0.1, 0.15) is 6.04 Å². The van der Waals surface area contributed by atoms with Crippen LogP contribution in [0.25, 0.3) is 0 Å². The van der Waals surface area contributed by atoms with E-state index < -0.39 is 16.1 Å². The van der Waals surface area contributed by atoms with Crippen molar-refractivity contribution >= 4 is 27.5 Å². The molecule has 42 heavy (non-hydrogen) atoms. The van der Waals surface area contributed by atoms with Crippen LogP contribution < -0.4 is 9.62 Å². The average molecular weight is 590 g/mol. The Bertz CT molecular complexity index is 1390.